The number of nitrogens with zero attached hydrogens (tertiary/aromatic N) is 4. The molecule has 13 nitrogen and oxygen atoms in total. The van der Waals surface area contributed by atoms with Crippen molar-refractivity contribution in [3.8, 4) is 0 Å². The Balaban J connectivity index is 1.26. The third-order valence-electron chi connectivity index (χ3n) is 10.7. The maximum Gasteiger partial charge on any atom is 0.251 e. The summed E-state index contributed by atoms with van der Waals surface area (Å²) in [6.07, 6.45) is 5.94. The monoisotopic (exact) mass is 758 g/mol. The normalized spacial score (nSPS) is 20.2. The molecule has 2 aliphatic heterocycles. The number of hydrogen-bond acceptors (Lipinski definition) is 8. The second kappa shape index (κ2) is 19.1. The maximum atomic E-state index is 14.7. The lowest BCUT2D eigenvalue weighted by Gasteiger charge is -2.34. The van der Waals surface area contributed by atoms with Gasteiger partial charge in [0.1, 0.15) is 18.1 Å². The highest BCUT2D eigenvalue weighted by Crippen LogP contribution is 2.35. The lowest BCUT2D eigenvalue weighted by atomic mass is 9.92. The predicted molar refractivity (Wildman–Crippen MR) is 210 cm³/mol. The van der Waals surface area contributed by atoms with Crippen LogP contribution in [0.1, 0.15) is 72.4 Å². The van der Waals surface area contributed by atoms with E-state index in [4.69, 9.17) is 0 Å². The van der Waals surface area contributed by atoms with Crippen LogP contribution in [0.5, 0.6) is 0 Å². The van der Waals surface area contributed by atoms with E-state index in [0.717, 1.165) is 0 Å². The number of likely N-dealkylation sites (N-methyl/N-ethyl adjacent to an activating group) is 1. The van der Waals surface area contributed by atoms with Crippen molar-refractivity contribution >= 4 is 29.5 Å². The number of amides is 5. The largest absolute Gasteiger partial charge is 0.352 e. The van der Waals surface area contributed by atoms with Gasteiger partial charge < -0.3 is 31.1 Å². The Morgan fingerprint density at radius 1 is 0.804 bits per heavy atom. The van der Waals surface area contributed by atoms with Crippen molar-refractivity contribution in [2.75, 3.05) is 13.6 Å². The Kier molecular flexibility index (Phi) is 13.5. The van der Waals surface area contributed by atoms with Gasteiger partial charge in [-0.1, -0.05) is 67.6 Å². The summed E-state index contributed by atoms with van der Waals surface area (Å²) >= 11 is 0. The van der Waals surface area contributed by atoms with Gasteiger partial charge in [-0.3, -0.25) is 33.9 Å². The van der Waals surface area contributed by atoms with Gasteiger partial charge in [-0.15, -0.1) is 0 Å². The van der Waals surface area contributed by atoms with Crippen molar-refractivity contribution in [3.63, 3.8) is 0 Å². The van der Waals surface area contributed by atoms with Gasteiger partial charge in [0, 0.05) is 36.5 Å². The Labute approximate surface area is 327 Å². The van der Waals surface area contributed by atoms with Gasteiger partial charge in [0.2, 0.25) is 17.7 Å². The number of benzene rings is 2. The van der Waals surface area contributed by atoms with Gasteiger partial charge in [-0.05, 0) is 81.1 Å². The van der Waals surface area contributed by atoms with E-state index in [1.807, 2.05) is 67.6 Å². The first-order chi connectivity index (χ1) is 27.3. The highest BCUT2D eigenvalue weighted by molar-refractivity contribution is 5.96. The first-order valence-electron chi connectivity index (χ1n) is 19.3. The topological polar surface area (TPSA) is 166 Å². The lowest BCUT2D eigenvalue weighted by Crippen LogP contribution is -2.59. The fourth-order valence-corrected chi connectivity index (χ4v) is 7.72. The predicted octanol–water partition coefficient (Wildman–Crippen LogP) is 3.55. The van der Waals surface area contributed by atoms with Crippen molar-refractivity contribution in [1.82, 2.24) is 41.0 Å². The minimum absolute atomic E-state index is 0.158. The molecule has 6 rings (SSSR count). The summed E-state index contributed by atoms with van der Waals surface area (Å²) in [5, 5.41) is 12.0. The average Bonchev–Trinajstić information content (AvgIpc) is 3.62. The highest BCUT2D eigenvalue weighted by Gasteiger charge is 2.48. The van der Waals surface area contributed by atoms with Crippen LogP contribution in [-0.4, -0.2) is 87.1 Å². The summed E-state index contributed by atoms with van der Waals surface area (Å²) in [5.41, 5.74) is 2.43. The molecule has 0 bridgehead atoms. The fourth-order valence-electron chi connectivity index (χ4n) is 7.72. The second-order valence-electron chi connectivity index (χ2n) is 14.3. The van der Waals surface area contributed by atoms with Crippen LogP contribution < -0.4 is 21.3 Å². The molecule has 0 unspecified atom stereocenters. The number of fused-ring (bicyclic) bond motifs is 1. The van der Waals surface area contributed by atoms with Crippen LogP contribution in [-0.2, 0) is 32.3 Å². The van der Waals surface area contributed by atoms with E-state index >= 15 is 0 Å². The zero-order chi connectivity index (χ0) is 39.4. The van der Waals surface area contributed by atoms with Gasteiger partial charge in [-0.2, -0.15) is 0 Å². The number of hydrogen-bond donors (Lipinski definition) is 4. The molecular formula is C43H50N8O5. The molecule has 0 saturated carbocycles. The molecule has 4 N–H and O–H groups in total. The van der Waals surface area contributed by atoms with E-state index in [9.17, 15) is 24.0 Å². The third kappa shape index (κ3) is 9.64. The molecule has 56 heavy (non-hydrogen) atoms. The first-order valence-corrected chi connectivity index (χ1v) is 19.3. The molecule has 2 saturated heterocycles. The van der Waals surface area contributed by atoms with Gasteiger partial charge in [0.25, 0.3) is 11.8 Å². The molecule has 2 aromatic heterocycles. The summed E-state index contributed by atoms with van der Waals surface area (Å²) in [6, 6.07) is 25.2. The van der Waals surface area contributed by atoms with Crippen LogP contribution in [0.2, 0.25) is 0 Å². The zero-order valence-electron chi connectivity index (χ0n) is 31.8. The van der Waals surface area contributed by atoms with Crippen molar-refractivity contribution in [1.29, 1.82) is 0 Å². The van der Waals surface area contributed by atoms with Crippen LogP contribution in [0, 0.1) is 5.92 Å². The Hall–Kier alpha value is -5.95. The molecule has 2 aliphatic rings. The van der Waals surface area contributed by atoms with Crippen LogP contribution >= 0.6 is 0 Å². The minimum Gasteiger partial charge on any atom is -0.352 e. The number of carbonyl (C=O) groups is 5. The number of rotatable bonds is 15. The van der Waals surface area contributed by atoms with E-state index < -0.39 is 36.0 Å². The Morgan fingerprint density at radius 2 is 1.41 bits per heavy atom. The summed E-state index contributed by atoms with van der Waals surface area (Å²) in [6.45, 7) is 2.40. The van der Waals surface area contributed by atoms with Crippen LogP contribution in [0.15, 0.2) is 109 Å². The van der Waals surface area contributed by atoms with Crippen molar-refractivity contribution in [2.24, 2.45) is 5.92 Å². The number of pyridine rings is 2. The lowest BCUT2D eigenvalue weighted by molar-refractivity contribution is -0.145. The highest BCUT2D eigenvalue weighted by atomic mass is 16.2. The van der Waals surface area contributed by atoms with Gasteiger partial charge in [0.05, 0.1) is 30.5 Å². The maximum absolute atomic E-state index is 14.7. The quantitative estimate of drug-likeness (QED) is 0.143. The van der Waals surface area contributed by atoms with Crippen LogP contribution in [0.25, 0.3) is 0 Å². The van der Waals surface area contributed by atoms with E-state index in [1.54, 1.807) is 65.6 Å². The minimum atomic E-state index is -1.07. The van der Waals surface area contributed by atoms with E-state index in [0.29, 0.717) is 54.6 Å². The standard InChI is InChI=1S/C43H50N8O5/c1-3-35(44-2)40(53)48-38-31(26-47-39(52)30-16-8-5-9-17-30)20-21-34-22-23-36(51(34)43(38)56)41(54)49-37(29-14-6-4-7-15-29)42(55)50(27-32-18-10-12-24-45-32)28-33-19-11-13-25-46-33/h4-19,24-25,31,34-38,44H,3,20-23,26-28H2,1-2H3,(H,47,52)(H,48,53)(H,49,54)/t31-,34+,35+,36+,37-,38+/m1/s1. The van der Waals surface area contributed by atoms with Gasteiger partial charge in [-0.25, -0.2) is 0 Å². The van der Waals surface area contributed by atoms with Crippen molar-refractivity contribution in [2.45, 2.75) is 82.3 Å². The molecule has 292 valence electrons. The van der Waals surface area contributed by atoms with Crippen LogP contribution in [0.3, 0.4) is 0 Å². The average molecular weight is 759 g/mol. The summed E-state index contributed by atoms with van der Waals surface area (Å²) < 4.78 is 0. The third-order valence-corrected chi connectivity index (χ3v) is 10.7. The molecule has 0 radical (unpaired) electrons. The molecule has 0 spiro atoms. The molecule has 5 amide bonds. The number of carbonyl (C=O) groups excluding carboxylic acids is 5. The Bertz CT molecular complexity index is 1890. The molecule has 4 aromatic rings. The summed E-state index contributed by atoms with van der Waals surface area (Å²) in [5.74, 6) is -2.22. The van der Waals surface area contributed by atoms with E-state index in [-0.39, 0.29) is 49.3 Å². The second-order valence-corrected chi connectivity index (χ2v) is 14.3. The first kappa shape index (κ1) is 39.7. The van der Waals surface area contributed by atoms with Gasteiger partial charge >= 0.3 is 0 Å². The van der Waals surface area contributed by atoms with Crippen LogP contribution in [0.4, 0.5) is 0 Å². The number of nitrogens with one attached hydrogen (secondary N) is 4. The number of aromatic nitrogens is 2. The Morgan fingerprint density at radius 3 is 2.00 bits per heavy atom. The van der Waals surface area contributed by atoms with E-state index in [1.165, 1.54) is 0 Å². The smallest absolute Gasteiger partial charge is 0.251 e. The SMILES string of the molecule is CC[C@H](NC)C(=O)N[C@@H]1C(=O)N2[C@@H](CC[C@@H]1CNC(=O)c1ccccc1)CC[C@H]2C(=O)N[C@@H](C(=O)N(Cc1ccccn1)Cc1ccccn1)c1ccccc1. The molecular weight excluding hydrogens is 709 g/mol. The molecule has 2 fully saturated rings. The van der Waals surface area contributed by atoms with Crippen molar-refractivity contribution < 1.29 is 24.0 Å². The van der Waals surface area contributed by atoms with Crippen molar-refractivity contribution in [3.05, 3.63) is 132 Å². The summed E-state index contributed by atoms with van der Waals surface area (Å²) in [4.78, 5) is 82.6. The molecule has 2 aromatic carbocycles. The zero-order valence-corrected chi connectivity index (χ0v) is 31.8. The fraction of sp³-hybridized carbons (Fsp3) is 0.372. The molecule has 6 atom stereocenters. The summed E-state index contributed by atoms with van der Waals surface area (Å²) in [7, 11) is 1.69. The molecule has 0 aliphatic carbocycles. The van der Waals surface area contributed by atoms with Gasteiger partial charge in [0.15, 0.2) is 0 Å². The van der Waals surface area contributed by atoms with E-state index in [2.05, 4.69) is 31.2 Å². The molecule has 13 heteroatoms. The molecule has 4 heterocycles.